The van der Waals surface area contributed by atoms with Gasteiger partial charge in [-0.15, -0.1) is 0 Å². The maximum absolute atomic E-state index is 15.0. The third-order valence-corrected chi connectivity index (χ3v) is 3.58. The molecule has 1 saturated heterocycles. The van der Waals surface area contributed by atoms with E-state index in [4.69, 9.17) is 10.5 Å². The SMILES string of the molecule is CC(C)(C)OC(=O)N1CCC(F)(c2ccc(CN)cc2)C1. The minimum Gasteiger partial charge on any atom is -0.444 e. The first-order chi connectivity index (χ1) is 9.73. The first-order valence-corrected chi connectivity index (χ1v) is 7.20. The number of nitrogens with two attached hydrogens (primary N) is 1. The molecular weight excluding hydrogens is 271 g/mol. The number of amides is 1. The van der Waals surface area contributed by atoms with E-state index in [0.717, 1.165) is 5.56 Å². The molecule has 1 unspecified atom stereocenters. The van der Waals surface area contributed by atoms with Gasteiger partial charge in [0.1, 0.15) is 5.60 Å². The van der Waals surface area contributed by atoms with Crippen LogP contribution in [0.1, 0.15) is 38.3 Å². The van der Waals surface area contributed by atoms with Gasteiger partial charge in [-0.3, -0.25) is 0 Å². The van der Waals surface area contributed by atoms with Crippen LogP contribution < -0.4 is 5.73 Å². The second-order valence-corrected chi connectivity index (χ2v) is 6.52. The fraction of sp³-hybridized carbons (Fsp3) is 0.562. The van der Waals surface area contributed by atoms with Gasteiger partial charge in [0.05, 0.1) is 6.54 Å². The number of likely N-dealkylation sites (tertiary alicyclic amines) is 1. The Kier molecular flexibility index (Phi) is 4.23. The van der Waals surface area contributed by atoms with Crippen molar-refractivity contribution in [2.75, 3.05) is 13.1 Å². The lowest BCUT2D eigenvalue weighted by molar-refractivity contribution is 0.0257. The number of nitrogens with zero attached hydrogens (tertiary/aromatic N) is 1. The summed E-state index contributed by atoms with van der Waals surface area (Å²) < 4.78 is 20.3. The first kappa shape index (κ1) is 15.8. The zero-order chi connectivity index (χ0) is 15.7. The van der Waals surface area contributed by atoms with Crippen molar-refractivity contribution in [3.8, 4) is 0 Å². The normalized spacial score (nSPS) is 22.4. The van der Waals surface area contributed by atoms with Crippen molar-refractivity contribution < 1.29 is 13.9 Å². The van der Waals surface area contributed by atoms with Crippen molar-refractivity contribution >= 4 is 6.09 Å². The molecule has 1 heterocycles. The van der Waals surface area contributed by atoms with Gasteiger partial charge in [0.2, 0.25) is 0 Å². The number of carbonyl (C=O) groups is 1. The largest absolute Gasteiger partial charge is 0.444 e. The van der Waals surface area contributed by atoms with Crippen molar-refractivity contribution in [1.82, 2.24) is 4.90 Å². The van der Waals surface area contributed by atoms with Gasteiger partial charge in [0.15, 0.2) is 5.67 Å². The summed E-state index contributed by atoms with van der Waals surface area (Å²) in [7, 11) is 0. The van der Waals surface area contributed by atoms with Crippen LogP contribution in [0.3, 0.4) is 0 Å². The smallest absolute Gasteiger partial charge is 0.410 e. The molecule has 0 spiro atoms. The minimum absolute atomic E-state index is 0.0316. The summed E-state index contributed by atoms with van der Waals surface area (Å²) in [5, 5.41) is 0. The second kappa shape index (κ2) is 5.64. The molecule has 1 aromatic carbocycles. The molecule has 0 saturated carbocycles. The Hall–Kier alpha value is -1.62. The van der Waals surface area contributed by atoms with Crippen LogP contribution in [0.4, 0.5) is 9.18 Å². The van der Waals surface area contributed by atoms with Gasteiger partial charge >= 0.3 is 6.09 Å². The third-order valence-electron chi connectivity index (χ3n) is 3.58. The van der Waals surface area contributed by atoms with E-state index < -0.39 is 17.4 Å². The molecule has 0 radical (unpaired) electrons. The van der Waals surface area contributed by atoms with Gasteiger partial charge in [-0.05, 0) is 31.9 Å². The first-order valence-electron chi connectivity index (χ1n) is 7.20. The number of rotatable bonds is 2. The summed E-state index contributed by atoms with van der Waals surface area (Å²) in [5.74, 6) is 0. The van der Waals surface area contributed by atoms with Crippen molar-refractivity contribution in [2.45, 2.75) is 45.0 Å². The van der Waals surface area contributed by atoms with E-state index in [1.165, 1.54) is 4.90 Å². The maximum Gasteiger partial charge on any atom is 0.410 e. The highest BCUT2D eigenvalue weighted by Gasteiger charge is 2.42. The number of alkyl halides is 1. The molecule has 0 aliphatic carbocycles. The number of benzene rings is 1. The lowest BCUT2D eigenvalue weighted by Crippen LogP contribution is -2.37. The molecule has 1 aliphatic heterocycles. The molecule has 0 aromatic heterocycles. The summed E-state index contributed by atoms with van der Waals surface area (Å²) in [6, 6.07) is 7.15. The summed E-state index contributed by atoms with van der Waals surface area (Å²) in [5.41, 5.74) is 5.02. The maximum atomic E-state index is 15.0. The lowest BCUT2D eigenvalue weighted by Gasteiger charge is -2.25. The molecule has 5 heteroatoms. The highest BCUT2D eigenvalue weighted by Crippen LogP contribution is 2.36. The van der Waals surface area contributed by atoms with Gasteiger partial charge in [-0.2, -0.15) is 0 Å². The van der Waals surface area contributed by atoms with Crippen LogP contribution in [-0.4, -0.2) is 29.7 Å². The fourth-order valence-corrected chi connectivity index (χ4v) is 2.43. The third kappa shape index (κ3) is 3.73. The molecule has 4 nitrogen and oxygen atoms in total. The Morgan fingerprint density at radius 2 is 2.00 bits per heavy atom. The Labute approximate surface area is 125 Å². The molecule has 2 rings (SSSR count). The van der Waals surface area contributed by atoms with Gasteiger partial charge < -0.3 is 15.4 Å². The Morgan fingerprint density at radius 3 is 2.52 bits per heavy atom. The lowest BCUT2D eigenvalue weighted by atomic mass is 9.94. The van der Waals surface area contributed by atoms with Crippen molar-refractivity contribution in [3.05, 3.63) is 35.4 Å². The van der Waals surface area contributed by atoms with Crippen molar-refractivity contribution in [3.63, 3.8) is 0 Å². The summed E-state index contributed by atoms with van der Waals surface area (Å²) in [6.45, 7) is 6.23. The van der Waals surface area contributed by atoms with Crippen LogP contribution in [0.25, 0.3) is 0 Å². The zero-order valence-electron chi connectivity index (χ0n) is 12.9. The molecule has 21 heavy (non-hydrogen) atoms. The number of hydrogen-bond acceptors (Lipinski definition) is 3. The van der Waals surface area contributed by atoms with E-state index in [1.54, 1.807) is 32.9 Å². The van der Waals surface area contributed by atoms with Crippen molar-refractivity contribution in [2.24, 2.45) is 5.73 Å². The molecule has 1 aromatic rings. The van der Waals surface area contributed by atoms with Gasteiger partial charge in [0.25, 0.3) is 0 Å². The van der Waals surface area contributed by atoms with Crippen LogP contribution >= 0.6 is 0 Å². The average Bonchev–Trinajstić information content (AvgIpc) is 2.81. The predicted molar refractivity (Wildman–Crippen MR) is 79.5 cm³/mol. The van der Waals surface area contributed by atoms with E-state index in [-0.39, 0.29) is 13.0 Å². The fourth-order valence-electron chi connectivity index (χ4n) is 2.43. The number of ether oxygens (including phenoxy) is 1. The van der Waals surface area contributed by atoms with Crippen LogP contribution in [0, 0.1) is 0 Å². The molecule has 0 bridgehead atoms. The quantitative estimate of drug-likeness (QED) is 0.912. The monoisotopic (exact) mass is 294 g/mol. The van der Waals surface area contributed by atoms with Crippen LogP contribution in [-0.2, 0) is 17.0 Å². The standard InChI is InChI=1S/C16H23FN2O2/c1-15(2,3)21-14(20)19-9-8-16(17,11-19)13-6-4-12(10-18)5-7-13/h4-7H,8-11,18H2,1-3H3. The van der Waals surface area contributed by atoms with Crippen LogP contribution in [0.15, 0.2) is 24.3 Å². The molecule has 1 fully saturated rings. The predicted octanol–water partition coefficient (Wildman–Crippen LogP) is 2.95. The molecule has 1 amide bonds. The van der Waals surface area contributed by atoms with Crippen LogP contribution in [0.5, 0.6) is 0 Å². The summed E-state index contributed by atoms with van der Waals surface area (Å²) in [4.78, 5) is 13.4. The van der Waals surface area contributed by atoms with Gasteiger partial charge in [-0.25, -0.2) is 9.18 Å². The highest BCUT2D eigenvalue weighted by molar-refractivity contribution is 5.68. The van der Waals surface area contributed by atoms with Gasteiger partial charge in [-0.1, -0.05) is 24.3 Å². The summed E-state index contributed by atoms with van der Waals surface area (Å²) >= 11 is 0. The molecule has 2 N–H and O–H groups in total. The number of halogens is 1. The minimum atomic E-state index is -1.51. The Morgan fingerprint density at radius 1 is 1.38 bits per heavy atom. The Balaban J connectivity index is 2.07. The Bertz CT molecular complexity index is 510. The molecular formula is C16H23FN2O2. The van der Waals surface area contributed by atoms with E-state index in [0.29, 0.717) is 18.7 Å². The van der Waals surface area contributed by atoms with E-state index in [1.807, 2.05) is 12.1 Å². The number of carbonyl (C=O) groups excluding carboxylic acids is 1. The number of hydrogen-bond donors (Lipinski definition) is 1. The second-order valence-electron chi connectivity index (χ2n) is 6.52. The van der Waals surface area contributed by atoms with E-state index >= 15 is 4.39 Å². The van der Waals surface area contributed by atoms with E-state index in [9.17, 15) is 4.79 Å². The summed E-state index contributed by atoms with van der Waals surface area (Å²) in [6.07, 6.45) is -0.172. The molecule has 116 valence electrons. The van der Waals surface area contributed by atoms with E-state index in [2.05, 4.69) is 0 Å². The van der Waals surface area contributed by atoms with Crippen molar-refractivity contribution in [1.29, 1.82) is 0 Å². The average molecular weight is 294 g/mol. The zero-order valence-corrected chi connectivity index (χ0v) is 12.9. The van der Waals surface area contributed by atoms with Crippen LogP contribution in [0.2, 0.25) is 0 Å². The topological polar surface area (TPSA) is 55.6 Å². The highest BCUT2D eigenvalue weighted by atomic mass is 19.1. The van der Waals surface area contributed by atoms with Gasteiger partial charge in [0, 0.05) is 19.5 Å². The molecule has 1 aliphatic rings. The molecule has 1 atom stereocenters.